The van der Waals surface area contributed by atoms with Crippen LogP contribution < -0.4 is 5.32 Å². The van der Waals surface area contributed by atoms with E-state index in [-0.39, 0.29) is 11.4 Å². The van der Waals surface area contributed by atoms with Crippen molar-refractivity contribution < 1.29 is 9.53 Å². The summed E-state index contributed by atoms with van der Waals surface area (Å²) in [6.45, 7) is 4.48. The Balaban J connectivity index is 1.89. The van der Waals surface area contributed by atoms with E-state index >= 15 is 0 Å². The molecule has 3 heteroatoms. The van der Waals surface area contributed by atoms with Gasteiger partial charge in [-0.3, -0.25) is 4.79 Å². The molecule has 0 aromatic rings. The van der Waals surface area contributed by atoms with Crippen molar-refractivity contribution >= 4 is 5.97 Å². The van der Waals surface area contributed by atoms with Gasteiger partial charge in [-0.1, -0.05) is 0 Å². The second kappa shape index (κ2) is 3.29. The summed E-state index contributed by atoms with van der Waals surface area (Å²) in [4.78, 5) is 11.3. The van der Waals surface area contributed by atoms with E-state index in [2.05, 4.69) is 5.32 Å². The van der Waals surface area contributed by atoms with Crippen molar-refractivity contribution in [2.45, 2.75) is 26.2 Å². The number of hydrogen-bond donors (Lipinski definition) is 1. The molecular formula is C10H17NO2. The fraction of sp³-hybridized carbons (Fsp3) is 0.900. The lowest BCUT2D eigenvalue weighted by Crippen LogP contribution is -2.41. The SMILES string of the molecule is CCOC(=O)C[C@]12CC[C@H]1CNC2. The lowest BCUT2D eigenvalue weighted by atomic mass is 9.60. The maximum atomic E-state index is 11.3. The lowest BCUT2D eigenvalue weighted by Gasteiger charge is -2.43. The van der Waals surface area contributed by atoms with Crippen molar-refractivity contribution in [3.05, 3.63) is 0 Å². The van der Waals surface area contributed by atoms with Crippen molar-refractivity contribution in [3.63, 3.8) is 0 Å². The molecule has 0 bridgehead atoms. The Hall–Kier alpha value is -0.570. The third-order valence-electron chi connectivity index (χ3n) is 3.53. The summed E-state index contributed by atoms with van der Waals surface area (Å²) in [5.41, 5.74) is 0.270. The molecule has 0 radical (unpaired) electrons. The normalized spacial score (nSPS) is 36.5. The molecule has 1 aliphatic heterocycles. The van der Waals surface area contributed by atoms with Crippen LogP contribution in [-0.4, -0.2) is 25.7 Å². The number of hydrogen-bond acceptors (Lipinski definition) is 3. The summed E-state index contributed by atoms with van der Waals surface area (Å²) in [6, 6.07) is 0. The lowest BCUT2D eigenvalue weighted by molar-refractivity contribution is -0.148. The Bertz CT molecular complexity index is 217. The van der Waals surface area contributed by atoms with Crippen LogP contribution in [0, 0.1) is 11.3 Å². The van der Waals surface area contributed by atoms with E-state index < -0.39 is 0 Å². The van der Waals surface area contributed by atoms with Gasteiger partial charge in [0.1, 0.15) is 0 Å². The Morgan fingerprint density at radius 3 is 3.08 bits per heavy atom. The van der Waals surface area contributed by atoms with Gasteiger partial charge in [0.2, 0.25) is 0 Å². The van der Waals surface area contributed by atoms with Crippen LogP contribution in [0.15, 0.2) is 0 Å². The molecule has 0 spiro atoms. The smallest absolute Gasteiger partial charge is 0.306 e. The number of fused-ring (bicyclic) bond motifs is 1. The van der Waals surface area contributed by atoms with Crippen LogP contribution in [-0.2, 0) is 9.53 Å². The van der Waals surface area contributed by atoms with Gasteiger partial charge in [0.05, 0.1) is 13.0 Å². The quantitative estimate of drug-likeness (QED) is 0.662. The first-order valence-corrected chi connectivity index (χ1v) is 5.13. The maximum absolute atomic E-state index is 11.3. The van der Waals surface area contributed by atoms with Crippen molar-refractivity contribution in [3.8, 4) is 0 Å². The average molecular weight is 183 g/mol. The second-order valence-electron chi connectivity index (χ2n) is 4.21. The van der Waals surface area contributed by atoms with E-state index in [9.17, 15) is 4.79 Å². The third kappa shape index (κ3) is 1.46. The predicted molar refractivity (Wildman–Crippen MR) is 49.3 cm³/mol. The van der Waals surface area contributed by atoms with E-state index in [4.69, 9.17) is 4.74 Å². The molecule has 1 saturated carbocycles. The molecule has 2 aliphatic rings. The highest BCUT2D eigenvalue weighted by atomic mass is 16.5. The number of rotatable bonds is 3. The summed E-state index contributed by atoms with van der Waals surface area (Å²) in [7, 11) is 0. The summed E-state index contributed by atoms with van der Waals surface area (Å²) < 4.78 is 4.98. The van der Waals surface area contributed by atoms with Crippen LogP contribution in [0.4, 0.5) is 0 Å². The molecule has 13 heavy (non-hydrogen) atoms. The van der Waals surface area contributed by atoms with E-state index in [0.717, 1.165) is 19.0 Å². The second-order valence-corrected chi connectivity index (χ2v) is 4.21. The van der Waals surface area contributed by atoms with Crippen molar-refractivity contribution in [1.82, 2.24) is 5.32 Å². The number of esters is 1. The molecule has 2 atom stereocenters. The average Bonchev–Trinajstić information content (AvgIpc) is 2.32. The number of ether oxygens (including phenoxy) is 1. The van der Waals surface area contributed by atoms with Crippen LogP contribution in [0.3, 0.4) is 0 Å². The predicted octanol–water partition coefficient (Wildman–Crippen LogP) is 0.939. The van der Waals surface area contributed by atoms with Crippen LogP contribution in [0.25, 0.3) is 0 Å². The largest absolute Gasteiger partial charge is 0.466 e. The maximum Gasteiger partial charge on any atom is 0.306 e. The van der Waals surface area contributed by atoms with Gasteiger partial charge >= 0.3 is 5.97 Å². The first-order valence-electron chi connectivity index (χ1n) is 5.13. The molecule has 0 aromatic carbocycles. The summed E-state index contributed by atoms with van der Waals surface area (Å²) in [5.74, 6) is 0.716. The molecule has 1 aliphatic carbocycles. The zero-order chi connectivity index (χ0) is 9.31. The zero-order valence-corrected chi connectivity index (χ0v) is 8.14. The molecule has 1 saturated heterocycles. The number of carbonyl (C=O) groups is 1. The van der Waals surface area contributed by atoms with Gasteiger partial charge in [0.15, 0.2) is 0 Å². The molecular weight excluding hydrogens is 166 g/mol. The van der Waals surface area contributed by atoms with Gasteiger partial charge in [-0.2, -0.15) is 0 Å². The Kier molecular flexibility index (Phi) is 2.28. The molecule has 0 unspecified atom stereocenters. The minimum absolute atomic E-state index is 0.0177. The Morgan fingerprint density at radius 2 is 2.54 bits per heavy atom. The number of carbonyl (C=O) groups excluding carboxylic acids is 1. The topological polar surface area (TPSA) is 38.3 Å². The van der Waals surface area contributed by atoms with E-state index in [1.807, 2.05) is 6.92 Å². The zero-order valence-electron chi connectivity index (χ0n) is 8.14. The van der Waals surface area contributed by atoms with Gasteiger partial charge in [-0.15, -0.1) is 0 Å². The van der Waals surface area contributed by atoms with Crippen molar-refractivity contribution in [2.75, 3.05) is 19.7 Å². The molecule has 2 fully saturated rings. The summed E-state index contributed by atoms with van der Waals surface area (Å²) >= 11 is 0. The molecule has 1 heterocycles. The van der Waals surface area contributed by atoms with Gasteiger partial charge in [-0.25, -0.2) is 0 Å². The van der Waals surface area contributed by atoms with Crippen molar-refractivity contribution in [2.24, 2.45) is 11.3 Å². The minimum Gasteiger partial charge on any atom is -0.466 e. The van der Waals surface area contributed by atoms with Crippen LogP contribution in [0.1, 0.15) is 26.2 Å². The summed E-state index contributed by atoms with van der Waals surface area (Å²) in [6.07, 6.45) is 3.11. The molecule has 1 N–H and O–H groups in total. The van der Waals surface area contributed by atoms with Gasteiger partial charge < -0.3 is 10.1 Å². The van der Waals surface area contributed by atoms with Crippen molar-refractivity contribution in [1.29, 1.82) is 0 Å². The van der Waals surface area contributed by atoms with Crippen LogP contribution >= 0.6 is 0 Å². The standard InChI is InChI=1S/C10H17NO2/c1-2-13-9(12)5-10-4-3-8(10)6-11-7-10/h8,11H,2-7H2,1H3/t8-,10-/m0/s1. The Labute approximate surface area is 78.8 Å². The molecule has 0 amide bonds. The van der Waals surface area contributed by atoms with Gasteiger partial charge in [-0.05, 0) is 37.6 Å². The van der Waals surface area contributed by atoms with Crippen LogP contribution in [0.5, 0.6) is 0 Å². The monoisotopic (exact) mass is 183 g/mol. The van der Waals surface area contributed by atoms with Crippen LogP contribution in [0.2, 0.25) is 0 Å². The fourth-order valence-electron chi connectivity index (χ4n) is 2.60. The fourth-order valence-corrected chi connectivity index (χ4v) is 2.60. The first-order chi connectivity index (χ1) is 6.27. The van der Waals surface area contributed by atoms with E-state index in [0.29, 0.717) is 13.0 Å². The minimum atomic E-state index is -0.0177. The molecule has 74 valence electrons. The molecule has 2 rings (SSSR count). The molecule has 3 nitrogen and oxygen atoms in total. The number of nitrogens with one attached hydrogen (secondary N) is 1. The third-order valence-corrected chi connectivity index (χ3v) is 3.53. The summed E-state index contributed by atoms with van der Waals surface area (Å²) in [5, 5.41) is 3.36. The van der Waals surface area contributed by atoms with Gasteiger partial charge in [0.25, 0.3) is 0 Å². The highest BCUT2D eigenvalue weighted by Gasteiger charge is 2.50. The van der Waals surface area contributed by atoms with Gasteiger partial charge in [0, 0.05) is 6.54 Å². The Morgan fingerprint density at radius 1 is 1.69 bits per heavy atom. The molecule has 0 aromatic heterocycles. The highest BCUT2D eigenvalue weighted by Crippen LogP contribution is 2.51. The van der Waals surface area contributed by atoms with E-state index in [1.165, 1.54) is 12.8 Å². The first kappa shape index (κ1) is 9.00. The van der Waals surface area contributed by atoms with E-state index in [1.54, 1.807) is 0 Å². The highest BCUT2D eigenvalue weighted by molar-refractivity contribution is 5.70.